The maximum Gasteiger partial charge on any atom is 0.237 e. The monoisotopic (exact) mass is 330 g/mol. The van der Waals surface area contributed by atoms with Gasteiger partial charge in [0.15, 0.2) is 0 Å². The highest BCUT2D eigenvalue weighted by atomic mass is 19.1. The summed E-state index contributed by atoms with van der Waals surface area (Å²) in [5.41, 5.74) is 2.73. The minimum atomic E-state index is -0.399. The molecule has 5 heteroatoms. The first kappa shape index (κ1) is 15.8. The number of halogens is 1. The van der Waals surface area contributed by atoms with Gasteiger partial charge in [0.1, 0.15) is 5.82 Å². The van der Waals surface area contributed by atoms with E-state index in [4.69, 9.17) is 0 Å². The molecule has 2 fully saturated rings. The van der Waals surface area contributed by atoms with Crippen LogP contribution in [0.15, 0.2) is 12.1 Å². The van der Waals surface area contributed by atoms with Gasteiger partial charge in [-0.2, -0.15) is 0 Å². The average molecular weight is 330 g/mol. The molecule has 128 valence electrons. The fraction of sp³-hybridized carbons (Fsp3) is 0.579. The van der Waals surface area contributed by atoms with Gasteiger partial charge in [0, 0.05) is 19.5 Å². The number of carbonyl (C=O) groups excluding carboxylic acids is 2. The Hall–Kier alpha value is -1.75. The van der Waals surface area contributed by atoms with Crippen LogP contribution < -0.4 is 0 Å². The number of nitrogens with zero attached hydrogens (tertiary/aromatic N) is 2. The second-order valence-corrected chi connectivity index (χ2v) is 7.60. The van der Waals surface area contributed by atoms with Gasteiger partial charge in [-0.15, -0.1) is 0 Å². The van der Waals surface area contributed by atoms with E-state index in [-0.39, 0.29) is 17.6 Å². The fourth-order valence-electron chi connectivity index (χ4n) is 4.64. The van der Waals surface area contributed by atoms with Gasteiger partial charge in [-0.3, -0.25) is 19.4 Å². The molecule has 0 aromatic heterocycles. The van der Waals surface area contributed by atoms with E-state index in [1.165, 1.54) is 4.90 Å². The molecule has 4 nitrogen and oxygen atoms in total. The lowest BCUT2D eigenvalue weighted by atomic mass is 9.85. The Morgan fingerprint density at radius 1 is 1.21 bits per heavy atom. The lowest BCUT2D eigenvalue weighted by Gasteiger charge is -2.33. The molecule has 0 unspecified atom stereocenters. The number of amides is 2. The largest absolute Gasteiger partial charge is 0.281 e. The van der Waals surface area contributed by atoms with Crippen LogP contribution in [0.3, 0.4) is 0 Å². The quantitative estimate of drug-likeness (QED) is 0.783. The van der Waals surface area contributed by atoms with Crippen LogP contribution in [0, 0.1) is 18.2 Å². The van der Waals surface area contributed by atoms with Crippen molar-refractivity contribution < 1.29 is 14.0 Å². The topological polar surface area (TPSA) is 40.6 Å². The van der Waals surface area contributed by atoms with E-state index in [1.807, 2.05) is 6.92 Å². The second kappa shape index (κ2) is 5.66. The van der Waals surface area contributed by atoms with Crippen LogP contribution in [0.2, 0.25) is 0 Å². The number of fused-ring (bicyclic) bond motifs is 1. The molecule has 0 N–H and O–H groups in total. The van der Waals surface area contributed by atoms with Gasteiger partial charge >= 0.3 is 0 Å². The van der Waals surface area contributed by atoms with Crippen LogP contribution in [0.1, 0.15) is 48.8 Å². The van der Waals surface area contributed by atoms with Crippen LogP contribution >= 0.6 is 0 Å². The summed E-state index contributed by atoms with van der Waals surface area (Å²) in [6, 6.07) is 3.17. The highest BCUT2D eigenvalue weighted by molar-refractivity contribution is 6.06. The Kier molecular flexibility index (Phi) is 3.71. The zero-order valence-corrected chi connectivity index (χ0v) is 14.1. The molecule has 1 saturated carbocycles. The molecule has 3 aliphatic rings. The first-order chi connectivity index (χ1) is 11.5. The lowest BCUT2D eigenvalue weighted by Crippen LogP contribution is -2.44. The second-order valence-electron chi connectivity index (χ2n) is 7.60. The van der Waals surface area contributed by atoms with E-state index in [0.29, 0.717) is 19.6 Å². The fourth-order valence-corrected chi connectivity index (χ4v) is 4.64. The summed E-state index contributed by atoms with van der Waals surface area (Å²) in [4.78, 5) is 28.8. The first-order valence-corrected chi connectivity index (χ1v) is 8.84. The Bertz CT molecular complexity index is 710. The molecule has 24 heavy (non-hydrogen) atoms. The summed E-state index contributed by atoms with van der Waals surface area (Å²) in [5, 5.41) is 0. The summed E-state index contributed by atoms with van der Waals surface area (Å²) in [6.45, 7) is 3.71. The lowest BCUT2D eigenvalue weighted by molar-refractivity contribution is -0.144. The van der Waals surface area contributed by atoms with Crippen molar-refractivity contribution in [1.82, 2.24) is 9.80 Å². The van der Waals surface area contributed by atoms with Gasteiger partial charge in [-0.05, 0) is 55.0 Å². The van der Waals surface area contributed by atoms with Gasteiger partial charge in [0.2, 0.25) is 11.8 Å². The van der Waals surface area contributed by atoms with Crippen LogP contribution in [-0.2, 0) is 22.6 Å². The third-order valence-electron chi connectivity index (χ3n) is 6.00. The first-order valence-electron chi connectivity index (χ1n) is 8.84. The summed E-state index contributed by atoms with van der Waals surface area (Å²) in [5.74, 6) is -0.178. The van der Waals surface area contributed by atoms with Gasteiger partial charge in [0.25, 0.3) is 0 Å². The SMILES string of the molecule is Cc1cc(F)cc2c1CN(CN1C(=O)CC3(CCCC3)C1=O)CC2. The predicted molar refractivity (Wildman–Crippen MR) is 87.5 cm³/mol. The van der Waals surface area contributed by atoms with Crippen LogP contribution in [0.25, 0.3) is 0 Å². The van der Waals surface area contributed by atoms with Gasteiger partial charge in [-0.25, -0.2) is 4.39 Å². The van der Waals surface area contributed by atoms with Crippen molar-refractivity contribution in [3.63, 3.8) is 0 Å². The number of carbonyl (C=O) groups is 2. The number of hydrogen-bond acceptors (Lipinski definition) is 3. The van der Waals surface area contributed by atoms with Crippen molar-refractivity contribution in [2.24, 2.45) is 5.41 Å². The summed E-state index contributed by atoms with van der Waals surface area (Å²) < 4.78 is 13.5. The third-order valence-corrected chi connectivity index (χ3v) is 6.00. The van der Waals surface area contributed by atoms with Crippen molar-refractivity contribution in [1.29, 1.82) is 0 Å². The maximum absolute atomic E-state index is 13.5. The molecular weight excluding hydrogens is 307 g/mol. The summed E-state index contributed by atoms with van der Waals surface area (Å²) in [6.07, 6.45) is 4.96. The van der Waals surface area contributed by atoms with E-state index in [9.17, 15) is 14.0 Å². The zero-order valence-electron chi connectivity index (χ0n) is 14.1. The highest BCUT2D eigenvalue weighted by Crippen LogP contribution is 2.46. The van der Waals surface area contributed by atoms with Crippen molar-refractivity contribution in [3.8, 4) is 0 Å². The summed E-state index contributed by atoms with van der Waals surface area (Å²) >= 11 is 0. The normalized spacial score (nSPS) is 23.3. The van der Waals surface area contributed by atoms with E-state index in [2.05, 4.69) is 4.90 Å². The predicted octanol–water partition coefficient (Wildman–Crippen LogP) is 2.77. The molecule has 0 bridgehead atoms. The van der Waals surface area contributed by atoms with Crippen molar-refractivity contribution >= 4 is 11.8 Å². The van der Waals surface area contributed by atoms with E-state index in [1.54, 1.807) is 12.1 Å². The number of hydrogen-bond donors (Lipinski definition) is 0. The van der Waals surface area contributed by atoms with Crippen molar-refractivity contribution in [2.75, 3.05) is 13.2 Å². The number of likely N-dealkylation sites (tertiary alicyclic amines) is 1. The Labute approximate surface area is 141 Å². The number of imide groups is 1. The molecule has 1 aromatic rings. The van der Waals surface area contributed by atoms with Crippen molar-refractivity contribution in [3.05, 3.63) is 34.6 Å². The van der Waals surface area contributed by atoms with Crippen molar-refractivity contribution in [2.45, 2.75) is 52.0 Å². The van der Waals surface area contributed by atoms with E-state index < -0.39 is 5.41 Å². The Morgan fingerprint density at radius 2 is 1.96 bits per heavy atom. The zero-order chi connectivity index (χ0) is 16.9. The molecule has 2 amide bonds. The molecule has 1 spiro atoms. The molecule has 2 aliphatic heterocycles. The minimum absolute atomic E-state index is 0.0245. The van der Waals surface area contributed by atoms with Crippen LogP contribution in [0.5, 0.6) is 0 Å². The molecule has 1 aromatic carbocycles. The highest BCUT2D eigenvalue weighted by Gasteiger charge is 2.52. The Morgan fingerprint density at radius 3 is 2.71 bits per heavy atom. The molecule has 2 heterocycles. The Balaban J connectivity index is 1.50. The number of rotatable bonds is 2. The smallest absolute Gasteiger partial charge is 0.237 e. The average Bonchev–Trinajstić information content (AvgIpc) is 3.09. The molecule has 4 rings (SSSR count). The van der Waals surface area contributed by atoms with Crippen LogP contribution in [0.4, 0.5) is 4.39 Å². The number of aryl methyl sites for hydroxylation is 1. The van der Waals surface area contributed by atoms with Gasteiger partial charge in [0.05, 0.1) is 12.1 Å². The van der Waals surface area contributed by atoms with Gasteiger partial charge in [-0.1, -0.05) is 12.8 Å². The standard InChI is InChI=1S/C19H23FN2O2/c1-13-8-15(20)9-14-4-7-21(11-16(13)14)12-22-17(23)10-19(18(22)24)5-2-3-6-19/h8-9H,2-7,10-12H2,1H3. The van der Waals surface area contributed by atoms with E-state index in [0.717, 1.165) is 55.3 Å². The third kappa shape index (κ3) is 2.46. The van der Waals surface area contributed by atoms with Gasteiger partial charge < -0.3 is 0 Å². The summed E-state index contributed by atoms with van der Waals surface area (Å²) in [7, 11) is 0. The minimum Gasteiger partial charge on any atom is -0.281 e. The molecule has 0 atom stereocenters. The molecular formula is C19H23FN2O2. The molecule has 0 radical (unpaired) electrons. The molecule has 1 aliphatic carbocycles. The number of benzene rings is 1. The van der Waals surface area contributed by atoms with Crippen LogP contribution in [-0.4, -0.2) is 34.8 Å². The maximum atomic E-state index is 13.5. The molecule has 1 saturated heterocycles. The van der Waals surface area contributed by atoms with E-state index >= 15 is 0 Å².